The van der Waals surface area contributed by atoms with Crippen molar-refractivity contribution in [2.75, 3.05) is 20.8 Å². The van der Waals surface area contributed by atoms with Gasteiger partial charge in [-0.3, -0.25) is 0 Å². The van der Waals surface area contributed by atoms with Crippen molar-refractivity contribution in [1.82, 2.24) is 4.72 Å². The topological polar surface area (TPSA) is 98.8 Å². The van der Waals surface area contributed by atoms with Crippen molar-refractivity contribution in [2.24, 2.45) is 0 Å². The van der Waals surface area contributed by atoms with Crippen LogP contribution < -0.4 is 14.2 Å². The molecule has 0 aliphatic heterocycles. The molecule has 0 radical (unpaired) electrons. The van der Waals surface area contributed by atoms with Gasteiger partial charge in [0.05, 0.1) is 28.9 Å². The van der Waals surface area contributed by atoms with E-state index in [1.807, 2.05) is 0 Å². The molecule has 0 saturated heterocycles. The highest BCUT2D eigenvalue weighted by atomic mass is 79.9. The van der Waals surface area contributed by atoms with E-state index >= 15 is 0 Å². The highest BCUT2D eigenvalue weighted by Crippen LogP contribution is 2.33. The molecule has 3 rings (SSSR count). The number of methoxy groups -OCH3 is 2. The number of halogens is 2. The average Bonchev–Trinajstić information content (AvgIpc) is 2.80. The monoisotopic (exact) mass is 587 g/mol. The minimum atomic E-state index is -3.98. The fourth-order valence-corrected chi connectivity index (χ4v) is 6.58. The van der Waals surface area contributed by atoms with Crippen LogP contribution in [-0.2, 0) is 26.3 Å². The zero-order valence-electron chi connectivity index (χ0n) is 18.6. The maximum absolute atomic E-state index is 13.0. The summed E-state index contributed by atoms with van der Waals surface area (Å²) in [5.41, 5.74) is 1.24. The second-order valence-corrected chi connectivity index (χ2v) is 12.3. The molecule has 0 aliphatic carbocycles. The summed E-state index contributed by atoms with van der Waals surface area (Å²) >= 11 is 9.31. The summed E-state index contributed by atoms with van der Waals surface area (Å²) < 4.78 is 65.9. The number of hydrogen-bond donors (Lipinski definition) is 1. The van der Waals surface area contributed by atoms with Crippen LogP contribution in [0.1, 0.15) is 11.1 Å². The molecule has 3 aromatic rings. The van der Waals surface area contributed by atoms with Crippen LogP contribution in [0.25, 0.3) is 0 Å². The molecule has 0 aliphatic rings. The first kappa shape index (κ1) is 26.5. The van der Waals surface area contributed by atoms with Crippen LogP contribution >= 0.6 is 27.5 Å². The van der Waals surface area contributed by atoms with E-state index in [2.05, 4.69) is 20.7 Å². The molecule has 0 fully saturated rings. The first-order chi connectivity index (χ1) is 16.0. The number of ether oxygens (including phenoxy) is 2. The Morgan fingerprint density at radius 1 is 0.882 bits per heavy atom. The third-order valence-electron chi connectivity index (χ3n) is 5.12. The minimum Gasteiger partial charge on any atom is -0.493 e. The number of benzene rings is 3. The summed E-state index contributed by atoms with van der Waals surface area (Å²) in [6.07, 6.45) is 0.363. The predicted molar refractivity (Wildman–Crippen MR) is 134 cm³/mol. The van der Waals surface area contributed by atoms with Gasteiger partial charge >= 0.3 is 0 Å². The highest BCUT2D eigenvalue weighted by Gasteiger charge is 2.23. The first-order valence-corrected chi connectivity index (χ1v) is 14.1. The van der Waals surface area contributed by atoms with Crippen molar-refractivity contribution in [3.05, 3.63) is 75.2 Å². The fourth-order valence-electron chi connectivity index (χ4n) is 3.27. The summed E-state index contributed by atoms with van der Waals surface area (Å²) in [6.45, 7) is 1.70. The van der Waals surface area contributed by atoms with Gasteiger partial charge in [-0.05, 0) is 73.0 Å². The maximum atomic E-state index is 13.0. The van der Waals surface area contributed by atoms with Crippen molar-refractivity contribution in [3.63, 3.8) is 0 Å². The molecule has 3 aromatic carbocycles. The molecule has 0 amide bonds. The van der Waals surface area contributed by atoms with Crippen LogP contribution in [0.15, 0.2) is 73.8 Å². The minimum absolute atomic E-state index is 0.0235. The summed E-state index contributed by atoms with van der Waals surface area (Å²) in [5, 5.41) is 0.399. The van der Waals surface area contributed by atoms with Gasteiger partial charge in [-0.1, -0.05) is 33.6 Å². The SMILES string of the molecule is COc1cc(Br)c(CCNS(=O)(=O)c2cc(S(=O)(=O)c3ccc(Cl)cc3)ccc2C)cc1OC. The summed E-state index contributed by atoms with van der Waals surface area (Å²) in [6, 6.07) is 13.2. The normalized spacial score (nSPS) is 11.9. The molecule has 0 heterocycles. The summed E-state index contributed by atoms with van der Waals surface area (Å²) in [5.74, 6) is 1.08. The number of sulfone groups is 1. The first-order valence-electron chi connectivity index (χ1n) is 10.0. The second-order valence-electron chi connectivity index (χ2n) is 7.33. The predicted octanol–water partition coefficient (Wildman–Crippen LogP) is 4.78. The van der Waals surface area contributed by atoms with Crippen LogP contribution in [0.4, 0.5) is 0 Å². The van der Waals surface area contributed by atoms with Crippen LogP contribution in [0.5, 0.6) is 11.5 Å². The molecule has 0 spiro atoms. The van der Waals surface area contributed by atoms with Gasteiger partial charge in [0.1, 0.15) is 0 Å². The Kier molecular flexibility index (Phi) is 8.30. The van der Waals surface area contributed by atoms with Gasteiger partial charge < -0.3 is 9.47 Å². The molecular formula is C23H23BrClNO6S2. The molecule has 0 aromatic heterocycles. The van der Waals surface area contributed by atoms with E-state index in [9.17, 15) is 16.8 Å². The van der Waals surface area contributed by atoms with Gasteiger partial charge in [0.15, 0.2) is 11.5 Å². The van der Waals surface area contributed by atoms with Crippen molar-refractivity contribution in [3.8, 4) is 11.5 Å². The number of hydrogen-bond acceptors (Lipinski definition) is 6. The lowest BCUT2D eigenvalue weighted by atomic mass is 10.1. The van der Waals surface area contributed by atoms with E-state index in [0.29, 0.717) is 28.5 Å². The Morgan fingerprint density at radius 2 is 1.47 bits per heavy atom. The Labute approximate surface area is 213 Å². The molecule has 0 unspecified atom stereocenters. The number of rotatable bonds is 9. The van der Waals surface area contributed by atoms with Crippen LogP contribution in [0.3, 0.4) is 0 Å². The van der Waals surface area contributed by atoms with Crippen molar-refractivity contribution in [1.29, 1.82) is 0 Å². The third kappa shape index (κ3) is 5.75. The average molecular weight is 589 g/mol. The molecule has 7 nitrogen and oxygen atoms in total. The lowest BCUT2D eigenvalue weighted by Gasteiger charge is -2.14. The third-order valence-corrected chi connectivity index (χ3v) is 9.48. The smallest absolute Gasteiger partial charge is 0.240 e. The Morgan fingerprint density at radius 3 is 2.09 bits per heavy atom. The molecule has 0 atom stereocenters. The quantitative estimate of drug-likeness (QED) is 0.386. The lowest BCUT2D eigenvalue weighted by Crippen LogP contribution is -2.27. The number of sulfonamides is 1. The van der Waals surface area contributed by atoms with Crippen molar-refractivity contribution < 1.29 is 26.3 Å². The maximum Gasteiger partial charge on any atom is 0.240 e. The fraction of sp³-hybridized carbons (Fsp3) is 0.217. The Hall–Kier alpha value is -2.11. The van der Waals surface area contributed by atoms with E-state index in [1.165, 1.54) is 56.7 Å². The van der Waals surface area contributed by atoms with Crippen LogP contribution in [0.2, 0.25) is 5.02 Å². The van der Waals surface area contributed by atoms with Gasteiger partial charge in [-0.2, -0.15) is 0 Å². The van der Waals surface area contributed by atoms with E-state index in [-0.39, 0.29) is 21.2 Å². The molecule has 0 bridgehead atoms. The van der Waals surface area contributed by atoms with Gasteiger partial charge in [0.2, 0.25) is 19.9 Å². The van der Waals surface area contributed by atoms with Crippen molar-refractivity contribution in [2.45, 2.75) is 28.0 Å². The van der Waals surface area contributed by atoms with Gasteiger partial charge in [0.25, 0.3) is 0 Å². The molecular weight excluding hydrogens is 566 g/mol. The molecule has 182 valence electrons. The summed E-state index contributed by atoms with van der Waals surface area (Å²) in [7, 11) is -4.85. The Bertz CT molecular complexity index is 1410. The molecule has 11 heteroatoms. The molecule has 0 saturated carbocycles. The van der Waals surface area contributed by atoms with Gasteiger partial charge in [-0.25, -0.2) is 21.6 Å². The van der Waals surface area contributed by atoms with E-state index in [4.69, 9.17) is 21.1 Å². The standard InChI is InChI=1S/C23H23BrClNO6S2/c1-15-4-7-19(33(27,28)18-8-5-17(25)6-9-18)13-23(15)34(29,30)26-11-10-16-12-21(31-2)22(32-3)14-20(16)24/h4-9,12-14,26H,10-11H2,1-3H3. The number of nitrogens with one attached hydrogen (secondary N) is 1. The largest absolute Gasteiger partial charge is 0.493 e. The van der Waals surface area contributed by atoms with Gasteiger partial charge in [-0.15, -0.1) is 0 Å². The van der Waals surface area contributed by atoms with E-state index < -0.39 is 19.9 Å². The van der Waals surface area contributed by atoms with Crippen LogP contribution in [0, 0.1) is 6.92 Å². The lowest BCUT2D eigenvalue weighted by molar-refractivity contribution is 0.354. The highest BCUT2D eigenvalue weighted by molar-refractivity contribution is 9.10. The Balaban J connectivity index is 1.84. The molecule has 34 heavy (non-hydrogen) atoms. The zero-order valence-corrected chi connectivity index (χ0v) is 22.6. The van der Waals surface area contributed by atoms with Crippen molar-refractivity contribution >= 4 is 47.4 Å². The number of aryl methyl sites for hydroxylation is 1. The van der Waals surface area contributed by atoms with E-state index in [1.54, 1.807) is 19.1 Å². The zero-order chi connectivity index (χ0) is 25.1. The molecule has 1 N–H and O–H groups in total. The van der Waals surface area contributed by atoms with E-state index in [0.717, 1.165) is 10.0 Å². The van der Waals surface area contributed by atoms with Crippen LogP contribution in [-0.4, -0.2) is 37.6 Å². The second kappa shape index (κ2) is 10.7. The summed E-state index contributed by atoms with van der Waals surface area (Å²) in [4.78, 5) is -0.201. The van der Waals surface area contributed by atoms with Gasteiger partial charge in [0, 0.05) is 16.0 Å².